The number of hydrogen-bond donors (Lipinski definition) is 0. The van der Waals surface area contributed by atoms with Crippen LogP contribution in [-0.4, -0.2) is 61.2 Å². The van der Waals surface area contributed by atoms with Gasteiger partial charge in [0.25, 0.3) is 0 Å². The third-order valence-corrected chi connectivity index (χ3v) is 6.04. The van der Waals surface area contributed by atoms with Crippen molar-refractivity contribution in [2.45, 2.75) is 58.4 Å². The Kier molecular flexibility index (Phi) is 9.21. The largest absolute Gasteiger partial charge is 0.463 e. The SMILES string of the molecule is CC(=O)OC[C@H]1O[C@@H](Oc2c(-c3ccc(F)cc3)oc3ccccc3c2=O)[C@H](OC(C)=O)[C@@H](OC(C)=O)[C@@H]1OC(C)=O. The van der Waals surface area contributed by atoms with Gasteiger partial charge in [-0.3, -0.25) is 24.0 Å². The molecular formula is C29H27FO12. The zero-order valence-corrected chi connectivity index (χ0v) is 23.0. The monoisotopic (exact) mass is 586 g/mol. The van der Waals surface area contributed by atoms with E-state index in [4.69, 9.17) is 32.8 Å². The molecule has 5 atom stereocenters. The Morgan fingerprint density at radius 2 is 1.38 bits per heavy atom. The van der Waals surface area contributed by atoms with Gasteiger partial charge in [-0.25, -0.2) is 4.39 Å². The van der Waals surface area contributed by atoms with Crippen molar-refractivity contribution < 1.29 is 56.4 Å². The zero-order chi connectivity index (χ0) is 30.6. The first-order chi connectivity index (χ1) is 19.9. The Bertz CT molecular complexity index is 1550. The number of carbonyl (C=O) groups is 4. The number of carbonyl (C=O) groups excluding carboxylic acids is 4. The van der Waals surface area contributed by atoms with E-state index in [1.807, 2.05) is 0 Å². The number of para-hydroxylation sites is 1. The first-order valence-corrected chi connectivity index (χ1v) is 12.7. The molecule has 12 nitrogen and oxygen atoms in total. The van der Waals surface area contributed by atoms with E-state index in [1.165, 1.54) is 18.2 Å². The van der Waals surface area contributed by atoms with Crippen LogP contribution < -0.4 is 10.2 Å². The van der Waals surface area contributed by atoms with Gasteiger partial charge in [-0.05, 0) is 36.4 Å². The highest BCUT2D eigenvalue weighted by Gasteiger charge is 2.53. The maximum atomic E-state index is 13.7. The fraction of sp³-hybridized carbons (Fsp3) is 0.345. The topological polar surface area (TPSA) is 154 Å². The van der Waals surface area contributed by atoms with Crippen LogP contribution in [0.25, 0.3) is 22.3 Å². The second-order valence-corrected chi connectivity index (χ2v) is 9.28. The van der Waals surface area contributed by atoms with Gasteiger partial charge >= 0.3 is 23.9 Å². The summed E-state index contributed by atoms with van der Waals surface area (Å²) in [5.74, 6) is -4.23. The van der Waals surface area contributed by atoms with Gasteiger partial charge in [0.2, 0.25) is 23.6 Å². The number of esters is 4. The Hall–Kier alpha value is -4.78. The average molecular weight is 587 g/mol. The van der Waals surface area contributed by atoms with Gasteiger partial charge in [-0.15, -0.1) is 0 Å². The molecule has 1 fully saturated rings. The molecule has 1 aromatic heterocycles. The van der Waals surface area contributed by atoms with E-state index in [9.17, 15) is 28.4 Å². The minimum absolute atomic E-state index is 0.105. The molecule has 2 heterocycles. The summed E-state index contributed by atoms with van der Waals surface area (Å²) in [5, 5.41) is 0.129. The van der Waals surface area contributed by atoms with Crippen molar-refractivity contribution in [3.05, 3.63) is 64.6 Å². The van der Waals surface area contributed by atoms with Crippen LogP contribution >= 0.6 is 0 Å². The summed E-state index contributed by atoms with van der Waals surface area (Å²) in [4.78, 5) is 61.6. The molecule has 1 aliphatic heterocycles. The second-order valence-electron chi connectivity index (χ2n) is 9.28. The summed E-state index contributed by atoms with van der Waals surface area (Å²) in [6.07, 6.45) is -7.51. The second kappa shape index (κ2) is 12.8. The lowest BCUT2D eigenvalue weighted by molar-refractivity contribution is -0.288. The minimum Gasteiger partial charge on any atom is -0.463 e. The molecule has 0 radical (unpaired) electrons. The van der Waals surface area contributed by atoms with E-state index in [0.717, 1.165) is 39.8 Å². The molecular weight excluding hydrogens is 559 g/mol. The Morgan fingerprint density at radius 3 is 2.00 bits per heavy atom. The van der Waals surface area contributed by atoms with Gasteiger partial charge in [-0.2, -0.15) is 0 Å². The lowest BCUT2D eigenvalue weighted by Crippen LogP contribution is -2.63. The molecule has 3 aromatic rings. The van der Waals surface area contributed by atoms with E-state index in [1.54, 1.807) is 18.2 Å². The number of benzene rings is 2. The summed E-state index contributed by atoms with van der Waals surface area (Å²) in [6.45, 7) is 3.88. The molecule has 2 aromatic carbocycles. The molecule has 1 saturated heterocycles. The third kappa shape index (κ3) is 6.92. The molecule has 13 heteroatoms. The summed E-state index contributed by atoms with van der Waals surface area (Å²) >= 11 is 0. The Morgan fingerprint density at radius 1 is 0.786 bits per heavy atom. The Balaban J connectivity index is 1.87. The van der Waals surface area contributed by atoms with Gasteiger partial charge < -0.3 is 32.8 Å². The first kappa shape index (κ1) is 30.2. The van der Waals surface area contributed by atoms with Crippen molar-refractivity contribution in [2.75, 3.05) is 6.61 Å². The van der Waals surface area contributed by atoms with E-state index < -0.39 is 78.2 Å². The van der Waals surface area contributed by atoms with Crippen molar-refractivity contribution in [3.63, 3.8) is 0 Å². The quantitative estimate of drug-likeness (QED) is 0.281. The molecule has 0 aliphatic carbocycles. The van der Waals surface area contributed by atoms with Crippen LogP contribution in [0.3, 0.4) is 0 Å². The van der Waals surface area contributed by atoms with Crippen molar-refractivity contribution in [2.24, 2.45) is 0 Å². The van der Waals surface area contributed by atoms with Gasteiger partial charge in [0.15, 0.2) is 18.0 Å². The molecule has 0 saturated carbocycles. The molecule has 0 unspecified atom stereocenters. The molecule has 0 amide bonds. The fourth-order valence-electron chi connectivity index (χ4n) is 4.42. The number of hydrogen-bond acceptors (Lipinski definition) is 12. The first-order valence-electron chi connectivity index (χ1n) is 12.7. The molecule has 42 heavy (non-hydrogen) atoms. The van der Waals surface area contributed by atoms with Crippen LogP contribution in [0, 0.1) is 5.82 Å². The van der Waals surface area contributed by atoms with Crippen molar-refractivity contribution in [1.82, 2.24) is 0 Å². The van der Waals surface area contributed by atoms with Crippen LogP contribution in [0.2, 0.25) is 0 Å². The average Bonchev–Trinajstić information content (AvgIpc) is 2.92. The third-order valence-electron chi connectivity index (χ3n) is 6.04. The van der Waals surface area contributed by atoms with E-state index in [2.05, 4.69) is 0 Å². The lowest BCUT2D eigenvalue weighted by atomic mass is 9.98. The molecule has 222 valence electrons. The highest BCUT2D eigenvalue weighted by molar-refractivity contribution is 5.82. The maximum Gasteiger partial charge on any atom is 0.303 e. The molecule has 4 rings (SSSR count). The predicted octanol–water partition coefficient (Wildman–Crippen LogP) is 3.06. The van der Waals surface area contributed by atoms with Crippen LogP contribution in [0.15, 0.2) is 57.7 Å². The van der Waals surface area contributed by atoms with Gasteiger partial charge in [0.05, 0.1) is 5.39 Å². The van der Waals surface area contributed by atoms with E-state index in [0.29, 0.717) is 0 Å². The zero-order valence-electron chi connectivity index (χ0n) is 23.0. The number of halogens is 1. The maximum absolute atomic E-state index is 13.7. The smallest absolute Gasteiger partial charge is 0.303 e. The summed E-state index contributed by atoms with van der Waals surface area (Å²) in [7, 11) is 0. The lowest BCUT2D eigenvalue weighted by Gasteiger charge is -2.43. The van der Waals surface area contributed by atoms with Crippen molar-refractivity contribution in [1.29, 1.82) is 0 Å². The Labute approximate surface area is 238 Å². The van der Waals surface area contributed by atoms with Gasteiger partial charge in [0, 0.05) is 33.3 Å². The highest BCUT2D eigenvalue weighted by atomic mass is 19.1. The summed E-state index contributed by atoms with van der Waals surface area (Å²) in [5.41, 5.74) is -0.181. The van der Waals surface area contributed by atoms with Crippen molar-refractivity contribution >= 4 is 34.8 Å². The number of fused-ring (bicyclic) bond motifs is 1. The van der Waals surface area contributed by atoms with Crippen LogP contribution in [0.5, 0.6) is 5.75 Å². The van der Waals surface area contributed by atoms with Gasteiger partial charge in [-0.1, -0.05) is 12.1 Å². The minimum atomic E-state index is -1.69. The van der Waals surface area contributed by atoms with Crippen LogP contribution in [0.1, 0.15) is 27.7 Å². The normalized spacial score (nSPS) is 21.7. The molecule has 1 aliphatic rings. The van der Waals surface area contributed by atoms with E-state index in [-0.39, 0.29) is 22.3 Å². The van der Waals surface area contributed by atoms with E-state index >= 15 is 0 Å². The molecule has 0 spiro atoms. The number of ether oxygens (including phenoxy) is 6. The summed E-state index contributed by atoms with van der Waals surface area (Å²) < 4.78 is 53.0. The predicted molar refractivity (Wildman–Crippen MR) is 140 cm³/mol. The van der Waals surface area contributed by atoms with Crippen LogP contribution in [0.4, 0.5) is 4.39 Å². The molecule has 0 bridgehead atoms. The standard InChI is InChI=1S/C29H27FO12/c1-14(31)36-13-22-25(37-15(2)32)27(38-16(3)33)28(39-17(4)34)29(41-22)42-26-23(35)20-7-5-6-8-21(20)40-24(26)18-9-11-19(30)12-10-18/h5-12,22,25,27-29H,13H2,1-4H3/t22-,25-,27+,28-,29+/m1/s1. The van der Waals surface area contributed by atoms with Crippen molar-refractivity contribution in [3.8, 4) is 17.1 Å². The van der Waals surface area contributed by atoms with Gasteiger partial charge in [0.1, 0.15) is 24.1 Å². The summed E-state index contributed by atoms with van der Waals surface area (Å²) in [6, 6.07) is 11.3. The number of rotatable bonds is 8. The highest BCUT2D eigenvalue weighted by Crippen LogP contribution is 2.35. The fourth-order valence-corrected chi connectivity index (χ4v) is 4.42. The van der Waals surface area contributed by atoms with Crippen LogP contribution in [-0.2, 0) is 42.9 Å². The molecule has 0 N–H and O–H groups in total.